The van der Waals surface area contributed by atoms with Crippen molar-refractivity contribution in [2.45, 2.75) is 32.9 Å². The molecule has 0 saturated carbocycles. The van der Waals surface area contributed by atoms with Gasteiger partial charge >= 0.3 is 0 Å². The van der Waals surface area contributed by atoms with Crippen LogP contribution >= 0.6 is 11.8 Å². The molecule has 1 unspecified atom stereocenters. The van der Waals surface area contributed by atoms with E-state index in [0.29, 0.717) is 6.54 Å². The number of carbonyl (C=O) groups is 2. The maximum Gasteiger partial charge on any atom is 0.288 e. The summed E-state index contributed by atoms with van der Waals surface area (Å²) in [7, 11) is 0. The Kier molecular flexibility index (Phi) is 2.71. The molecule has 13 heavy (non-hydrogen) atoms. The molecule has 0 bridgehead atoms. The van der Waals surface area contributed by atoms with E-state index in [-0.39, 0.29) is 21.8 Å². The van der Waals surface area contributed by atoms with Crippen molar-refractivity contribution in [2.24, 2.45) is 5.41 Å². The molecule has 0 radical (unpaired) electrons. The number of amides is 2. The lowest BCUT2D eigenvalue weighted by Crippen LogP contribution is -2.33. The Morgan fingerprint density at radius 3 is 2.31 bits per heavy atom. The van der Waals surface area contributed by atoms with Gasteiger partial charge < -0.3 is 0 Å². The molecule has 3 nitrogen and oxygen atoms in total. The smallest absolute Gasteiger partial charge is 0.275 e. The maximum atomic E-state index is 11.3. The quantitative estimate of drug-likeness (QED) is 0.602. The minimum Gasteiger partial charge on any atom is -0.275 e. The summed E-state index contributed by atoms with van der Waals surface area (Å²) >= 11 is 1.28. The van der Waals surface area contributed by atoms with Crippen molar-refractivity contribution in [2.75, 3.05) is 6.54 Å². The lowest BCUT2D eigenvalue weighted by Gasteiger charge is -2.24. The van der Waals surface area contributed by atoms with Crippen LogP contribution in [0.25, 0.3) is 0 Å². The summed E-state index contributed by atoms with van der Waals surface area (Å²) in [5.41, 5.74) is 0.0739. The van der Waals surface area contributed by atoms with Crippen LogP contribution in [0.4, 0.5) is 4.79 Å². The highest BCUT2D eigenvalue weighted by Crippen LogP contribution is 2.37. The molecule has 0 spiro atoms. The first-order chi connectivity index (χ1) is 5.82. The minimum atomic E-state index is -0.149. The van der Waals surface area contributed by atoms with Crippen LogP contribution in [-0.2, 0) is 4.79 Å². The van der Waals surface area contributed by atoms with E-state index in [0.717, 1.165) is 0 Å². The topological polar surface area (TPSA) is 37.4 Å². The number of carbonyl (C=O) groups excluding carboxylic acids is 2. The number of imide groups is 1. The number of hydrogen-bond donors (Lipinski definition) is 0. The lowest BCUT2D eigenvalue weighted by molar-refractivity contribution is -0.125. The zero-order valence-corrected chi connectivity index (χ0v) is 9.27. The average Bonchev–Trinajstić information content (AvgIpc) is 2.29. The summed E-state index contributed by atoms with van der Waals surface area (Å²) in [6.45, 7) is 8.25. The monoisotopic (exact) mass is 201 g/mol. The van der Waals surface area contributed by atoms with Crippen molar-refractivity contribution < 1.29 is 9.59 Å². The van der Waals surface area contributed by atoms with Gasteiger partial charge in [0.2, 0.25) is 5.91 Å². The molecule has 2 amide bonds. The van der Waals surface area contributed by atoms with Gasteiger partial charge in [0.25, 0.3) is 5.24 Å². The molecule has 0 aromatic heterocycles. The van der Waals surface area contributed by atoms with Crippen molar-refractivity contribution >= 4 is 22.9 Å². The first-order valence-electron chi connectivity index (χ1n) is 4.31. The van der Waals surface area contributed by atoms with Crippen molar-refractivity contribution in [1.29, 1.82) is 0 Å². The second-order valence-electron chi connectivity index (χ2n) is 4.37. The molecular formula is C9H15NO2S. The van der Waals surface area contributed by atoms with Crippen molar-refractivity contribution in [3.8, 4) is 0 Å². The van der Waals surface area contributed by atoms with Gasteiger partial charge in [-0.05, 0) is 5.41 Å². The predicted molar refractivity (Wildman–Crippen MR) is 53.6 cm³/mol. The van der Waals surface area contributed by atoms with E-state index < -0.39 is 0 Å². The molecule has 1 rings (SSSR count). The number of nitrogens with zero attached hydrogens (tertiary/aromatic N) is 1. The fourth-order valence-corrected chi connectivity index (χ4v) is 2.32. The van der Waals surface area contributed by atoms with E-state index in [1.165, 1.54) is 23.6 Å². The Labute approximate surface area is 82.9 Å². The molecule has 0 aromatic rings. The van der Waals surface area contributed by atoms with Crippen LogP contribution < -0.4 is 0 Å². The number of thioether (sulfide) groups is 1. The summed E-state index contributed by atoms with van der Waals surface area (Å²) in [5.74, 6) is -0.149. The van der Waals surface area contributed by atoms with Crippen LogP contribution in [0, 0.1) is 5.41 Å². The maximum absolute atomic E-state index is 11.3. The van der Waals surface area contributed by atoms with Gasteiger partial charge in [0.05, 0.1) is 0 Å². The Hall–Kier alpha value is -0.510. The second kappa shape index (κ2) is 3.33. The Morgan fingerprint density at radius 1 is 1.54 bits per heavy atom. The Balaban J connectivity index is 2.71. The highest BCUT2D eigenvalue weighted by atomic mass is 32.2. The third kappa shape index (κ3) is 2.24. The Morgan fingerprint density at radius 2 is 2.08 bits per heavy atom. The van der Waals surface area contributed by atoms with Gasteiger partial charge in [0.15, 0.2) is 0 Å². The number of hydrogen-bond acceptors (Lipinski definition) is 3. The number of rotatable bonds is 0. The third-order valence-corrected chi connectivity index (χ3v) is 3.72. The average molecular weight is 201 g/mol. The van der Waals surface area contributed by atoms with Crippen LogP contribution in [0.5, 0.6) is 0 Å². The molecule has 0 N–H and O–H groups in total. The van der Waals surface area contributed by atoms with Crippen LogP contribution in [0.1, 0.15) is 27.7 Å². The van der Waals surface area contributed by atoms with Gasteiger partial charge in [-0.15, -0.1) is 0 Å². The van der Waals surface area contributed by atoms with Crippen LogP contribution in [-0.4, -0.2) is 27.8 Å². The molecule has 1 atom stereocenters. The molecular weight excluding hydrogens is 186 g/mol. The second-order valence-corrected chi connectivity index (χ2v) is 5.52. The third-order valence-electron chi connectivity index (χ3n) is 2.16. The van der Waals surface area contributed by atoms with Crippen molar-refractivity contribution in [1.82, 2.24) is 4.90 Å². The largest absolute Gasteiger partial charge is 0.288 e. The molecule has 1 saturated heterocycles. The van der Waals surface area contributed by atoms with Gasteiger partial charge in [-0.1, -0.05) is 32.5 Å². The van der Waals surface area contributed by atoms with Gasteiger partial charge in [0.1, 0.15) is 0 Å². The van der Waals surface area contributed by atoms with E-state index in [2.05, 4.69) is 20.8 Å². The van der Waals surface area contributed by atoms with E-state index in [1.54, 1.807) is 0 Å². The molecule has 4 heteroatoms. The zero-order valence-electron chi connectivity index (χ0n) is 8.46. The van der Waals surface area contributed by atoms with Crippen LogP contribution in [0.2, 0.25) is 0 Å². The summed E-state index contributed by atoms with van der Waals surface area (Å²) < 4.78 is 0. The van der Waals surface area contributed by atoms with Crippen LogP contribution in [0.15, 0.2) is 0 Å². The molecule has 74 valence electrons. The van der Waals surface area contributed by atoms with E-state index >= 15 is 0 Å². The van der Waals surface area contributed by atoms with Crippen LogP contribution in [0.3, 0.4) is 0 Å². The molecule has 0 aromatic carbocycles. The Bertz CT molecular complexity index is 244. The van der Waals surface area contributed by atoms with Crippen molar-refractivity contribution in [3.05, 3.63) is 0 Å². The fraction of sp³-hybridized carbons (Fsp3) is 0.778. The van der Waals surface area contributed by atoms with Gasteiger partial charge in [-0.2, -0.15) is 0 Å². The SMILES string of the molecule is CC(=O)N1CC(C(C)(C)C)SC1=O. The fourth-order valence-electron chi connectivity index (χ4n) is 1.17. The highest BCUT2D eigenvalue weighted by Gasteiger charge is 2.39. The highest BCUT2D eigenvalue weighted by molar-refractivity contribution is 8.14. The molecule has 0 aliphatic carbocycles. The molecule has 1 heterocycles. The normalized spacial score (nSPS) is 23.8. The van der Waals surface area contributed by atoms with E-state index in [4.69, 9.17) is 0 Å². The summed E-state index contributed by atoms with van der Waals surface area (Å²) in [5, 5.41) is 0.122. The van der Waals surface area contributed by atoms with E-state index in [9.17, 15) is 9.59 Å². The van der Waals surface area contributed by atoms with Gasteiger partial charge in [-0.3, -0.25) is 14.5 Å². The summed E-state index contributed by atoms with van der Waals surface area (Å²) in [4.78, 5) is 23.7. The lowest BCUT2D eigenvalue weighted by atomic mass is 9.91. The zero-order chi connectivity index (χ0) is 10.2. The molecule has 1 aliphatic rings. The summed E-state index contributed by atoms with van der Waals surface area (Å²) in [6, 6.07) is 0. The molecule has 1 fully saturated rings. The van der Waals surface area contributed by atoms with E-state index in [1.807, 2.05) is 0 Å². The predicted octanol–water partition coefficient (Wildman–Crippen LogP) is 2.12. The first kappa shape index (κ1) is 10.6. The first-order valence-corrected chi connectivity index (χ1v) is 5.19. The van der Waals surface area contributed by atoms with Gasteiger partial charge in [0, 0.05) is 18.7 Å². The standard InChI is InChI=1S/C9H15NO2S/c1-6(11)10-5-7(9(2,3)4)13-8(10)12/h7H,5H2,1-4H3. The van der Waals surface area contributed by atoms with Gasteiger partial charge in [-0.25, -0.2) is 0 Å². The molecule has 1 aliphatic heterocycles. The summed E-state index contributed by atoms with van der Waals surface area (Å²) in [6.07, 6.45) is 0. The van der Waals surface area contributed by atoms with Crippen molar-refractivity contribution in [3.63, 3.8) is 0 Å². The minimum absolute atomic E-state index is 0.0739.